The molecule has 2 atom stereocenters. The fourth-order valence-corrected chi connectivity index (χ4v) is 4.73. The molecule has 0 saturated carbocycles. The van der Waals surface area contributed by atoms with Crippen LogP contribution in [0.25, 0.3) is 0 Å². The third kappa shape index (κ3) is 40.5. The quantitative estimate of drug-likeness (QED) is 0.0484. The second kappa shape index (κ2) is 35.5. The van der Waals surface area contributed by atoms with E-state index in [1.807, 2.05) is 0 Å². The third-order valence-electron chi connectivity index (χ3n) is 7.45. The lowest BCUT2D eigenvalue weighted by Gasteiger charge is -2.07. The standard InChI is InChI=1S/2C18H34O3/c2*1-2-3-4-11-14-17(19)15-12-9-7-5-6-8-10-13-16-18(20)21/h2*9,12,17,19H,2-8,10-11,13-16H2,1H3,(H,20,21). The number of allylic oxidation sites excluding steroid dienone is 2. The van der Waals surface area contributed by atoms with E-state index in [2.05, 4.69) is 38.2 Å². The molecule has 0 rings (SSSR count). The number of rotatable bonds is 30. The lowest BCUT2D eigenvalue weighted by Crippen LogP contribution is -2.04. The van der Waals surface area contributed by atoms with Crippen LogP contribution in [0.4, 0.5) is 0 Å². The Bertz CT molecular complexity index is 576. The average molecular weight is 597 g/mol. The number of unbranched alkanes of at least 4 members (excludes halogenated alkanes) is 16. The minimum absolute atomic E-state index is 0.172. The first kappa shape index (κ1) is 42.5. The van der Waals surface area contributed by atoms with Crippen molar-refractivity contribution in [1.82, 2.24) is 0 Å². The molecule has 0 saturated heterocycles. The Morgan fingerprint density at radius 1 is 0.476 bits per heavy atom. The molecule has 6 nitrogen and oxygen atoms in total. The molecule has 0 aromatic heterocycles. The molecule has 0 radical (unpaired) electrons. The van der Waals surface area contributed by atoms with Crippen molar-refractivity contribution in [3.05, 3.63) is 24.3 Å². The fraction of sp³-hybridized carbons (Fsp3) is 0.833. The largest absolute Gasteiger partial charge is 0.481 e. The van der Waals surface area contributed by atoms with E-state index in [-0.39, 0.29) is 12.2 Å². The van der Waals surface area contributed by atoms with Crippen LogP contribution in [0.5, 0.6) is 0 Å². The molecule has 42 heavy (non-hydrogen) atoms. The average Bonchev–Trinajstić information content (AvgIpc) is 2.95. The van der Waals surface area contributed by atoms with Crippen molar-refractivity contribution < 1.29 is 30.0 Å². The summed E-state index contributed by atoms with van der Waals surface area (Å²) in [5, 5.41) is 36.6. The summed E-state index contributed by atoms with van der Waals surface area (Å²) in [4.78, 5) is 20.7. The normalized spacial score (nSPS) is 12.9. The molecular weight excluding hydrogens is 528 g/mol. The van der Waals surface area contributed by atoms with Crippen molar-refractivity contribution in [2.24, 2.45) is 0 Å². The van der Waals surface area contributed by atoms with Crippen molar-refractivity contribution in [2.75, 3.05) is 0 Å². The summed E-state index contributed by atoms with van der Waals surface area (Å²) in [6.45, 7) is 4.40. The summed E-state index contributed by atoms with van der Waals surface area (Å²) in [6.07, 6.45) is 34.7. The van der Waals surface area contributed by atoms with Crippen LogP contribution in [0.15, 0.2) is 24.3 Å². The molecule has 0 aliphatic heterocycles. The van der Waals surface area contributed by atoms with Crippen molar-refractivity contribution >= 4 is 11.9 Å². The maximum Gasteiger partial charge on any atom is 0.303 e. The second-order valence-electron chi connectivity index (χ2n) is 11.8. The van der Waals surface area contributed by atoms with Crippen LogP contribution in [0.3, 0.4) is 0 Å². The van der Waals surface area contributed by atoms with E-state index in [1.165, 1.54) is 51.4 Å². The van der Waals surface area contributed by atoms with E-state index in [0.717, 1.165) is 103 Å². The minimum Gasteiger partial charge on any atom is -0.481 e. The van der Waals surface area contributed by atoms with Crippen molar-refractivity contribution in [2.45, 2.75) is 193 Å². The predicted octanol–water partition coefficient (Wildman–Crippen LogP) is 10.2. The topological polar surface area (TPSA) is 115 Å². The molecule has 2 unspecified atom stereocenters. The van der Waals surface area contributed by atoms with E-state index in [0.29, 0.717) is 12.8 Å². The fourth-order valence-electron chi connectivity index (χ4n) is 4.73. The molecule has 4 N–H and O–H groups in total. The molecule has 0 spiro atoms. The van der Waals surface area contributed by atoms with Gasteiger partial charge in [-0.25, -0.2) is 0 Å². The smallest absolute Gasteiger partial charge is 0.303 e. The van der Waals surface area contributed by atoms with Crippen molar-refractivity contribution in [3.8, 4) is 0 Å². The lowest BCUT2D eigenvalue weighted by molar-refractivity contribution is -0.138. The Morgan fingerprint density at radius 2 is 0.810 bits per heavy atom. The summed E-state index contributed by atoms with van der Waals surface area (Å²) in [5.41, 5.74) is 0. The molecule has 0 heterocycles. The summed E-state index contributed by atoms with van der Waals surface area (Å²) >= 11 is 0. The maximum absolute atomic E-state index is 10.3. The molecule has 0 amide bonds. The van der Waals surface area contributed by atoms with Crippen LogP contribution in [-0.4, -0.2) is 44.6 Å². The van der Waals surface area contributed by atoms with Gasteiger partial charge in [0.2, 0.25) is 0 Å². The van der Waals surface area contributed by atoms with Crippen LogP contribution in [0.2, 0.25) is 0 Å². The molecule has 0 fully saturated rings. The first-order valence-electron chi connectivity index (χ1n) is 17.4. The van der Waals surface area contributed by atoms with Gasteiger partial charge >= 0.3 is 11.9 Å². The van der Waals surface area contributed by atoms with Gasteiger partial charge in [-0.2, -0.15) is 0 Å². The zero-order valence-electron chi connectivity index (χ0n) is 27.5. The van der Waals surface area contributed by atoms with Crippen LogP contribution in [0, 0.1) is 0 Å². The van der Waals surface area contributed by atoms with Gasteiger partial charge in [0.05, 0.1) is 12.2 Å². The highest BCUT2D eigenvalue weighted by atomic mass is 16.4. The van der Waals surface area contributed by atoms with Crippen LogP contribution in [-0.2, 0) is 9.59 Å². The molecule has 0 aliphatic carbocycles. The van der Waals surface area contributed by atoms with E-state index >= 15 is 0 Å². The first-order chi connectivity index (χ1) is 20.3. The van der Waals surface area contributed by atoms with Crippen LogP contribution >= 0.6 is 0 Å². The summed E-state index contributed by atoms with van der Waals surface area (Å²) < 4.78 is 0. The third-order valence-corrected chi connectivity index (χ3v) is 7.45. The summed E-state index contributed by atoms with van der Waals surface area (Å²) in [6, 6.07) is 0. The van der Waals surface area contributed by atoms with Gasteiger partial charge in [0.15, 0.2) is 0 Å². The van der Waals surface area contributed by atoms with Gasteiger partial charge < -0.3 is 20.4 Å². The van der Waals surface area contributed by atoms with E-state index in [9.17, 15) is 19.8 Å². The van der Waals surface area contributed by atoms with Crippen molar-refractivity contribution in [1.29, 1.82) is 0 Å². The van der Waals surface area contributed by atoms with E-state index in [4.69, 9.17) is 10.2 Å². The van der Waals surface area contributed by atoms with Gasteiger partial charge in [-0.05, 0) is 64.2 Å². The second-order valence-corrected chi connectivity index (χ2v) is 11.8. The molecule has 6 heteroatoms. The Balaban J connectivity index is 0. The van der Waals surface area contributed by atoms with Gasteiger partial charge in [-0.15, -0.1) is 0 Å². The van der Waals surface area contributed by atoms with Gasteiger partial charge in [-0.3, -0.25) is 9.59 Å². The number of carboxylic acids is 2. The summed E-state index contributed by atoms with van der Waals surface area (Å²) in [5.74, 6) is -1.38. The number of carbonyl (C=O) groups is 2. The molecule has 0 aromatic rings. The first-order valence-corrected chi connectivity index (χ1v) is 17.4. The Morgan fingerprint density at radius 3 is 1.17 bits per heavy atom. The number of hydrogen-bond acceptors (Lipinski definition) is 4. The SMILES string of the molecule is CCCCCCC(O)CC=CCCCCCCCC(=O)O.CCCCCCC(O)CC=CCCCCCCCC(=O)O. The predicted molar refractivity (Wildman–Crippen MR) is 177 cm³/mol. The van der Waals surface area contributed by atoms with E-state index in [1.54, 1.807) is 0 Å². The van der Waals surface area contributed by atoms with Gasteiger partial charge in [0.25, 0.3) is 0 Å². The summed E-state index contributed by atoms with van der Waals surface area (Å²) in [7, 11) is 0. The highest BCUT2D eigenvalue weighted by Gasteiger charge is 2.02. The lowest BCUT2D eigenvalue weighted by atomic mass is 10.1. The molecule has 248 valence electrons. The van der Waals surface area contributed by atoms with Gasteiger partial charge in [-0.1, -0.05) is 128 Å². The Hall–Kier alpha value is -1.66. The number of hydrogen-bond donors (Lipinski definition) is 4. The molecule has 0 aliphatic rings. The Labute approximate surface area is 259 Å². The van der Waals surface area contributed by atoms with Gasteiger partial charge in [0.1, 0.15) is 0 Å². The highest BCUT2D eigenvalue weighted by Crippen LogP contribution is 2.12. The van der Waals surface area contributed by atoms with Gasteiger partial charge in [0, 0.05) is 12.8 Å². The van der Waals surface area contributed by atoms with Crippen LogP contribution < -0.4 is 0 Å². The number of aliphatic carboxylic acids is 2. The Kier molecular flexibility index (Phi) is 35.9. The maximum atomic E-state index is 10.3. The van der Waals surface area contributed by atoms with Crippen molar-refractivity contribution in [3.63, 3.8) is 0 Å². The number of aliphatic hydroxyl groups is 2. The zero-order valence-corrected chi connectivity index (χ0v) is 27.5. The highest BCUT2D eigenvalue weighted by molar-refractivity contribution is 5.66. The minimum atomic E-state index is -0.689. The number of carboxylic acid groups (broad SMARTS) is 2. The molecule has 0 bridgehead atoms. The van der Waals surface area contributed by atoms with Crippen LogP contribution in [0.1, 0.15) is 181 Å². The van der Waals surface area contributed by atoms with E-state index < -0.39 is 11.9 Å². The number of aliphatic hydroxyl groups excluding tert-OH is 2. The zero-order chi connectivity index (χ0) is 31.5. The molecule has 0 aromatic carbocycles. The molecular formula is C36H68O6. The monoisotopic (exact) mass is 597 g/mol.